The van der Waals surface area contributed by atoms with E-state index >= 15 is 0 Å². The molecule has 170 valence electrons. The lowest BCUT2D eigenvalue weighted by Crippen LogP contribution is -2.41. The van der Waals surface area contributed by atoms with Crippen molar-refractivity contribution < 1.29 is 9.13 Å². The van der Waals surface area contributed by atoms with Crippen LogP contribution in [0.3, 0.4) is 0 Å². The number of benzene rings is 2. The first-order valence-corrected chi connectivity index (χ1v) is 10.4. The maximum absolute atomic E-state index is 13.9. The predicted octanol–water partition coefficient (Wildman–Crippen LogP) is 3.95. The summed E-state index contributed by atoms with van der Waals surface area (Å²) in [5.74, 6) is 2.94. The van der Waals surface area contributed by atoms with Gasteiger partial charge in [-0.05, 0) is 37.1 Å². The third-order valence-corrected chi connectivity index (χ3v) is 5.52. The van der Waals surface area contributed by atoms with Gasteiger partial charge in [-0.25, -0.2) is 9.38 Å². The Balaban J connectivity index is 0.00000289. The first-order valence-electron chi connectivity index (χ1n) is 10.4. The van der Waals surface area contributed by atoms with Gasteiger partial charge >= 0.3 is 0 Å². The Morgan fingerprint density at radius 2 is 2.03 bits per heavy atom. The fourth-order valence-electron chi connectivity index (χ4n) is 3.48. The van der Waals surface area contributed by atoms with Crippen LogP contribution >= 0.6 is 24.0 Å². The molecule has 4 rings (SSSR count). The van der Waals surface area contributed by atoms with Crippen LogP contribution in [-0.2, 0) is 20.1 Å². The van der Waals surface area contributed by atoms with Gasteiger partial charge in [-0.2, -0.15) is 0 Å². The van der Waals surface area contributed by atoms with E-state index in [0.29, 0.717) is 31.2 Å². The Morgan fingerprint density at radius 3 is 2.78 bits per heavy atom. The number of aryl methyl sites for hydroxylation is 2. The first-order chi connectivity index (χ1) is 15.0. The van der Waals surface area contributed by atoms with Gasteiger partial charge in [0.25, 0.3) is 0 Å². The molecule has 3 aromatic rings. The second-order valence-corrected chi connectivity index (χ2v) is 7.70. The molecule has 2 N–H and O–H groups in total. The minimum Gasteiger partial charge on any atom is -0.493 e. The molecule has 9 heteroatoms. The minimum atomic E-state index is -0.219. The number of hydrogen-bond donors (Lipinski definition) is 2. The molecule has 7 nitrogen and oxygen atoms in total. The number of rotatable bonds is 5. The fourth-order valence-corrected chi connectivity index (χ4v) is 3.48. The minimum absolute atomic E-state index is 0. The summed E-state index contributed by atoms with van der Waals surface area (Å²) < 4.78 is 21.7. The zero-order valence-corrected chi connectivity index (χ0v) is 20.8. The van der Waals surface area contributed by atoms with Crippen molar-refractivity contribution in [1.29, 1.82) is 0 Å². The van der Waals surface area contributed by atoms with Gasteiger partial charge < -0.3 is 19.9 Å². The van der Waals surface area contributed by atoms with E-state index in [0.717, 1.165) is 34.9 Å². The van der Waals surface area contributed by atoms with Gasteiger partial charge in [-0.15, -0.1) is 34.2 Å². The number of nitrogens with zero attached hydrogens (tertiary/aromatic N) is 4. The smallest absolute Gasteiger partial charge is 0.192 e. The maximum atomic E-state index is 13.9. The molecule has 0 spiro atoms. The van der Waals surface area contributed by atoms with E-state index in [-0.39, 0.29) is 35.8 Å². The molecular formula is C23H28FIN6O. The lowest BCUT2D eigenvalue weighted by molar-refractivity contribution is 0.261. The number of hydrogen-bond acceptors (Lipinski definition) is 4. The average Bonchev–Trinajstić information content (AvgIpc) is 3.10. The number of aliphatic imine (C=N–C) groups is 1. The summed E-state index contributed by atoms with van der Waals surface area (Å²) in [7, 11) is 1.93. The number of aromatic nitrogens is 3. The van der Waals surface area contributed by atoms with Crippen molar-refractivity contribution >= 4 is 29.9 Å². The third kappa shape index (κ3) is 5.56. The second-order valence-electron chi connectivity index (χ2n) is 7.70. The first kappa shape index (κ1) is 24.0. The van der Waals surface area contributed by atoms with E-state index in [1.54, 1.807) is 13.0 Å². The molecule has 2 heterocycles. The third-order valence-electron chi connectivity index (χ3n) is 5.52. The van der Waals surface area contributed by atoms with Gasteiger partial charge in [0.05, 0.1) is 25.7 Å². The molecule has 0 bridgehead atoms. The molecule has 2 aromatic carbocycles. The lowest BCUT2D eigenvalue weighted by Gasteiger charge is -2.28. The molecule has 32 heavy (non-hydrogen) atoms. The van der Waals surface area contributed by atoms with Gasteiger partial charge in [0.1, 0.15) is 17.4 Å². The van der Waals surface area contributed by atoms with Crippen molar-refractivity contribution in [2.45, 2.75) is 39.4 Å². The molecule has 1 aliphatic heterocycles. The molecule has 1 unspecified atom stereocenters. The van der Waals surface area contributed by atoms with Crippen LogP contribution in [0.5, 0.6) is 5.75 Å². The van der Waals surface area contributed by atoms with Crippen molar-refractivity contribution in [2.24, 2.45) is 12.0 Å². The Hall–Kier alpha value is -2.69. The van der Waals surface area contributed by atoms with Crippen LogP contribution in [-0.4, -0.2) is 27.3 Å². The molecule has 0 amide bonds. The van der Waals surface area contributed by atoms with Crippen molar-refractivity contribution in [3.63, 3.8) is 0 Å². The van der Waals surface area contributed by atoms with Crippen LogP contribution in [0.15, 0.2) is 47.5 Å². The van der Waals surface area contributed by atoms with Crippen molar-refractivity contribution in [2.75, 3.05) is 6.61 Å². The number of fused-ring (bicyclic) bond motifs is 1. The summed E-state index contributed by atoms with van der Waals surface area (Å²) in [4.78, 5) is 4.71. The molecular weight excluding hydrogens is 522 g/mol. The van der Waals surface area contributed by atoms with E-state index in [9.17, 15) is 4.39 Å². The molecule has 0 aliphatic carbocycles. The number of halogens is 2. The van der Waals surface area contributed by atoms with Gasteiger partial charge in [0, 0.05) is 19.0 Å². The molecule has 0 saturated carbocycles. The highest BCUT2D eigenvalue weighted by Crippen LogP contribution is 2.31. The largest absolute Gasteiger partial charge is 0.493 e. The second kappa shape index (κ2) is 10.8. The Morgan fingerprint density at radius 1 is 1.22 bits per heavy atom. The Labute approximate surface area is 204 Å². The molecule has 0 saturated heterocycles. The highest BCUT2D eigenvalue weighted by Gasteiger charge is 2.22. The van der Waals surface area contributed by atoms with Crippen molar-refractivity contribution in [3.05, 3.63) is 76.6 Å². The summed E-state index contributed by atoms with van der Waals surface area (Å²) >= 11 is 0. The SMILES string of the molecule is Cc1ccc(CN=C(NCc2nnc(C)n2C)NC2CCOc3ccccc32)cc1F.I. The van der Waals surface area contributed by atoms with Crippen LogP contribution < -0.4 is 15.4 Å². The van der Waals surface area contributed by atoms with Crippen LogP contribution in [0, 0.1) is 19.7 Å². The molecule has 1 atom stereocenters. The lowest BCUT2D eigenvalue weighted by atomic mass is 10.0. The van der Waals surface area contributed by atoms with Crippen molar-refractivity contribution in [3.8, 4) is 5.75 Å². The summed E-state index contributed by atoms with van der Waals surface area (Å²) in [6, 6.07) is 13.3. The fraction of sp³-hybridized carbons (Fsp3) is 0.348. The summed E-state index contributed by atoms with van der Waals surface area (Å²) in [5, 5.41) is 15.2. The molecule has 0 radical (unpaired) electrons. The highest BCUT2D eigenvalue weighted by molar-refractivity contribution is 14.0. The zero-order chi connectivity index (χ0) is 21.8. The molecule has 0 fully saturated rings. The number of ether oxygens (including phenoxy) is 1. The number of guanidine groups is 1. The van der Waals surface area contributed by atoms with E-state index < -0.39 is 0 Å². The van der Waals surface area contributed by atoms with Gasteiger partial charge in [0.2, 0.25) is 0 Å². The van der Waals surface area contributed by atoms with E-state index in [1.807, 2.05) is 42.8 Å². The van der Waals surface area contributed by atoms with Crippen LogP contribution in [0.1, 0.15) is 40.8 Å². The standard InChI is InChI=1S/C23H27FN6O.HI/c1-15-8-9-17(12-19(15)24)13-25-23(26-14-22-29-28-16(2)30(22)3)27-20-10-11-31-21-7-5-4-6-18(20)21;/h4-9,12,20H,10-11,13-14H2,1-3H3,(H2,25,26,27);1H. The molecule has 1 aromatic heterocycles. The Bertz CT molecular complexity index is 1100. The zero-order valence-electron chi connectivity index (χ0n) is 18.4. The number of para-hydroxylation sites is 1. The van der Waals surface area contributed by atoms with Crippen molar-refractivity contribution in [1.82, 2.24) is 25.4 Å². The van der Waals surface area contributed by atoms with Crippen LogP contribution in [0.4, 0.5) is 4.39 Å². The predicted molar refractivity (Wildman–Crippen MR) is 133 cm³/mol. The quantitative estimate of drug-likeness (QED) is 0.286. The monoisotopic (exact) mass is 550 g/mol. The topological polar surface area (TPSA) is 76.4 Å². The normalized spacial score (nSPS) is 15.4. The summed E-state index contributed by atoms with van der Waals surface area (Å²) in [6.07, 6.45) is 0.819. The van der Waals surface area contributed by atoms with Crippen LogP contribution in [0.25, 0.3) is 0 Å². The summed E-state index contributed by atoms with van der Waals surface area (Å²) in [5.41, 5.74) is 2.53. The van der Waals surface area contributed by atoms with Crippen LogP contribution in [0.2, 0.25) is 0 Å². The van der Waals surface area contributed by atoms with Gasteiger partial charge in [0.15, 0.2) is 11.8 Å². The Kier molecular flexibility index (Phi) is 8.05. The highest BCUT2D eigenvalue weighted by atomic mass is 127. The van der Waals surface area contributed by atoms with E-state index in [4.69, 9.17) is 9.73 Å². The average molecular weight is 550 g/mol. The number of nitrogens with one attached hydrogen (secondary N) is 2. The molecule has 1 aliphatic rings. The van der Waals surface area contributed by atoms with Gasteiger partial charge in [-0.3, -0.25) is 0 Å². The maximum Gasteiger partial charge on any atom is 0.192 e. The van der Waals surface area contributed by atoms with Gasteiger partial charge in [-0.1, -0.05) is 30.3 Å². The van der Waals surface area contributed by atoms with E-state index in [2.05, 4.69) is 26.9 Å². The summed E-state index contributed by atoms with van der Waals surface area (Å²) in [6.45, 7) is 5.12. The van der Waals surface area contributed by atoms with E-state index in [1.165, 1.54) is 6.07 Å².